The summed E-state index contributed by atoms with van der Waals surface area (Å²) in [5, 5.41) is 0. The Morgan fingerprint density at radius 3 is 2.47 bits per heavy atom. The molecular weight excluding hydrogens is 186 g/mol. The molecule has 1 heterocycles. The van der Waals surface area contributed by atoms with Gasteiger partial charge >= 0.3 is 0 Å². The summed E-state index contributed by atoms with van der Waals surface area (Å²) in [5.41, 5.74) is 8.90. The lowest BCUT2D eigenvalue weighted by atomic mass is 10.2. The van der Waals surface area contributed by atoms with Crippen LogP contribution in [0.4, 0.5) is 0 Å². The summed E-state index contributed by atoms with van der Waals surface area (Å²) < 4.78 is 0. The van der Waals surface area contributed by atoms with Crippen LogP contribution in [-0.2, 0) is 0 Å². The molecule has 0 saturated heterocycles. The van der Waals surface area contributed by atoms with Gasteiger partial charge in [-0.25, -0.2) is 4.98 Å². The van der Waals surface area contributed by atoms with Gasteiger partial charge in [0.25, 0.3) is 0 Å². The number of nitrogens with zero attached hydrogens (tertiary/aromatic N) is 1. The van der Waals surface area contributed by atoms with Gasteiger partial charge in [0.2, 0.25) is 0 Å². The van der Waals surface area contributed by atoms with E-state index in [4.69, 9.17) is 5.73 Å². The monoisotopic (exact) mass is 201 g/mol. The van der Waals surface area contributed by atoms with Gasteiger partial charge in [-0.05, 0) is 13.8 Å². The number of aromatic nitrogens is 2. The van der Waals surface area contributed by atoms with Crippen LogP contribution in [0.3, 0.4) is 0 Å². The average Bonchev–Trinajstić information content (AvgIpc) is 2.62. The van der Waals surface area contributed by atoms with E-state index in [9.17, 15) is 0 Å². The molecule has 0 radical (unpaired) electrons. The molecular formula is C12H15N3. The second-order valence-electron chi connectivity index (χ2n) is 3.75. The quantitative estimate of drug-likeness (QED) is 0.784. The minimum Gasteiger partial charge on any atom is -0.342 e. The topological polar surface area (TPSA) is 54.7 Å². The molecule has 0 amide bonds. The van der Waals surface area contributed by atoms with Crippen molar-refractivity contribution in [2.45, 2.75) is 19.9 Å². The van der Waals surface area contributed by atoms with E-state index in [0.29, 0.717) is 0 Å². The Hall–Kier alpha value is -1.61. The Bertz CT molecular complexity index is 443. The average molecular weight is 201 g/mol. The first kappa shape index (κ1) is 9.93. The fourth-order valence-corrected chi connectivity index (χ4v) is 1.65. The highest BCUT2D eigenvalue weighted by atomic mass is 15.0. The van der Waals surface area contributed by atoms with Crippen molar-refractivity contribution in [1.29, 1.82) is 0 Å². The molecule has 3 nitrogen and oxygen atoms in total. The Morgan fingerprint density at radius 1 is 1.27 bits per heavy atom. The molecule has 0 aliphatic carbocycles. The van der Waals surface area contributed by atoms with Crippen molar-refractivity contribution in [2.75, 3.05) is 0 Å². The summed E-state index contributed by atoms with van der Waals surface area (Å²) in [6.07, 6.45) is 0. The number of H-pyrrole nitrogens is 1. The van der Waals surface area contributed by atoms with E-state index in [1.54, 1.807) is 0 Å². The number of aryl methyl sites for hydroxylation is 1. The van der Waals surface area contributed by atoms with Crippen LogP contribution in [0.5, 0.6) is 0 Å². The molecule has 1 aromatic heterocycles. The molecule has 2 aromatic rings. The number of nitrogens with one attached hydrogen (secondary N) is 1. The maximum Gasteiger partial charge on any atom is 0.137 e. The maximum absolute atomic E-state index is 5.82. The number of benzene rings is 1. The van der Waals surface area contributed by atoms with Gasteiger partial charge in [0.15, 0.2) is 0 Å². The Morgan fingerprint density at radius 2 is 1.93 bits per heavy atom. The summed E-state index contributed by atoms with van der Waals surface area (Å²) in [7, 11) is 0. The van der Waals surface area contributed by atoms with Crippen molar-refractivity contribution < 1.29 is 0 Å². The Balaban J connectivity index is 2.43. The highest BCUT2D eigenvalue weighted by molar-refractivity contribution is 5.55. The van der Waals surface area contributed by atoms with Gasteiger partial charge in [-0.2, -0.15) is 0 Å². The van der Waals surface area contributed by atoms with Crippen molar-refractivity contribution in [3.05, 3.63) is 41.7 Å². The molecule has 0 unspecified atom stereocenters. The van der Waals surface area contributed by atoms with E-state index in [1.165, 1.54) is 0 Å². The van der Waals surface area contributed by atoms with Gasteiger partial charge in [0.05, 0.1) is 5.69 Å². The van der Waals surface area contributed by atoms with Crippen LogP contribution in [0.2, 0.25) is 0 Å². The number of aromatic amines is 1. The van der Waals surface area contributed by atoms with E-state index < -0.39 is 0 Å². The van der Waals surface area contributed by atoms with Gasteiger partial charge in [-0.15, -0.1) is 0 Å². The SMILES string of the molecule is Cc1[nH]c(-c2ccccc2)nc1[C@@H](C)N. The summed E-state index contributed by atoms with van der Waals surface area (Å²) in [6.45, 7) is 3.94. The first-order valence-corrected chi connectivity index (χ1v) is 5.06. The van der Waals surface area contributed by atoms with Crippen molar-refractivity contribution >= 4 is 0 Å². The molecule has 15 heavy (non-hydrogen) atoms. The number of rotatable bonds is 2. The van der Waals surface area contributed by atoms with Crippen molar-refractivity contribution in [2.24, 2.45) is 5.73 Å². The van der Waals surface area contributed by atoms with Gasteiger partial charge in [0.1, 0.15) is 5.82 Å². The van der Waals surface area contributed by atoms with E-state index >= 15 is 0 Å². The third-order valence-electron chi connectivity index (χ3n) is 2.40. The summed E-state index contributed by atoms with van der Waals surface area (Å²) in [5.74, 6) is 0.889. The molecule has 1 aromatic carbocycles. The molecule has 0 spiro atoms. The van der Waals surface area contributed by atoms with Crippen molar-refractivity contribution in [1.82, 2.24) is 9.97 Å². The van der Waals surface area contributed by atoms with Crippen LogP contribution in [-0.4, -0.2) is 9.97 Å². The number of hydrogen-bond acceptors (Lipinski definition) is 2. The fourth-order valence-electron chi connectivity index (χ4n) is 1.65. The maximum atomic E-state index is 5.82. The van der Waals surface area contributed by atoms with E-state index in [2.05, 4.69) is 9.97 Å². The van der Waals surface area contributed by atoms with Crippen molar-refractivity contribution in [3.63, 3.8) is 0 Å². The Kier molecular flexibility index (Phi) is 2.56. The molecule has 2 rings (SSSR count). The highest BCUT2D eigenvalue weighted by Crippen LogP contribution is 2.20. The van der Waals surface area contributed by atoms with Gasteiger partial charge in [0, 0.05) is 17.3 Å². The third kappa shape index (κ3) is 1.92. The van der Waals surface area contributed by atoms with Crippen LogP contribution >= 0.6 is 0 Å². The summed E-state index contributed by atoms with van der Waals surface area (Å²) >= 11 is 0. The predicted molar refractivity (Wildman–Crippen MR) is 61.4 cm³/mol. The lowest BCUT2D eigenvalue weighted by Gasteiger charge is -1.99. The normalized spacial score (nSPS) is 12.7. The Labute approximate surface area is 89.4 Å². The lowest BCUT2D eigenvalue weighted by Crippen LogP contribution is -2.06. The molecule has 3 heteroatoms. The van der Waals surface area contributed by atoms with Crippen LogP contribution in [0.1, 0.15) is 24.4 Å². The number of hydrogen-bond donors (Lipinski definition) is 2. The summed E-state index contributed by atoms with van der Waals surface area (Å²) in [4.78, 5) is 7.75. The first-order chi connectivity index (χ1) is 7.18. The zero-order valence-electron chi connectivity index (χ0n) is 8.99. The third-order valence-corrected chi connectivity index (χ3v) is 2.40. The van der Waals surface area contributed by atoms with Crippen molar-refractivity contribution in [3.8, 4) is 11.4 Å². The predicted octanol–water partition coefficient (Wildman–Crippen LogP) is 2.40. The fraction of sp³-hybridized carbons (Fsp3) is 0.250. The summed E-state index contributed by atoms with van der Waals surface area (Å²) in [6, 6.07) is 10.0. The second kappa shape index (κ2) is 3.87. The number of nitrogens with two attached hydrogens (primary N) is 1. The van der Waals surface area contributed by atoms with Gasteiger partial charge in [-0.3, -0.25) is 0 Å². The molecule has 0 bridgehead atoms. The van der Waals surface area contributed by atoms with E-state index in [-0.39, 0.29) is 6.04 Å². The molecule has 0 saturated carbocycles. The minimum atomic E-state index is -0.0290. The zero-order valence-corrected chi connectivity index (χ0v) is 8.99. The molecule has 1 atom stereocenters. The highest BCUT2D eigenvalue weighted by Gasteiger charge is 2.10. The van der Waals surface area contributed by atoms with Crippen LogP contribution in [0, 0.1) is 6.92 Å². The molecule has 0 aliphatic rings. The standard InChI is InChI=1S/C12H15N3/c1-8(13)11-9(2)14-12(15-11)10-6-4-3-5-7-10/h3-8H,13H2,1-2H3,(H,14,15)/t8-/m1/s1. The first-order valence-electron chi connectivity index (χ1n) is 5.06. The second-order valence-corrected chi connectivity index (χ2v) is 3.75. The van der Waals surface area contributed by atoms with Gasteiger partial charge < -0.3 is 10.7 Å². The minimum absolute atomic E-state index is 0.0290. The molecule has 0 fully saturated rings. The zero-order chi connectivity index (χ0) is 10.8. The van der Waals surface area contributed by atoms with Crippen LogP contribution < -0.4 is 5.73 Å². The number of imidazole rings is 1. The van der Waals surface area contributed by atoms with Crippen LogP contribution in [0.15, 0.2) is 30.3 Å². The van der Waals surface area contributed by atoms with Gasteiger partial charge in [-0.1, -0.05) is 30.3 Å². The molecule has 3 N–H and O–H groups in total. The van der Waals surface area contributed by atoms with Crippen LogP contribution in [0.25, 0.3) is 11.4 Å². The smallest absolute Gasteiger partial charge is 0.137 e. The van der Waals surface area contributed by atoms with E-state index in [1.807, 2.05) is 44.2 Å². The van der Waals surface area contributed by atoms with E-state index in [0.717, 1.165) is 22.8 Å². The molecule has 78 valence electrons. The lowest BCUT2D eigenvalue weighted by molar-refractivity contribution is 0.781. The molecule has 0 aliphatic heterocycles. The largest absolute Gasteiger partial charge is 0.342 e.